The summed E-state index contributed by atoms with van der Waals surface area (Å²) in [7, 11) is 0. The van der Waals surface area contributed by atoms with Crippen LogP contribution >= 0.6 is 0 Å². The topological polar surface area (TPSA) is 70.4 Å². The Morgan fingerprint density at radius 2 is 1.95 bits per heavy atom. The van der Waals surface area contributed by atoms with Crippen molar-refractivity contribution in [1.82, 2.24) is 4.90 Å². The van der Waals surface area contributed by atoms with Gasteiger partial charge < -0.3 is 9.64 Å². The smallest absolute Gasteiger partial charge is 0.325 e. The second-order valence-corrected chi connectivity index (χ2v) is 4.93. The quantitative estimate of drug-likeness (QED) is 0.688. The molecule has 1 rings (SSSR count). The molecule has 1 amide bonds. The van der Waals surface area contributed by atoms with Crippen LogP contribution in [0.25, 0.3) is 0 Å². The molecule has 1 saturated carbocycles. The van der Waals surface area contributed by atoms with E-state index in [2.05, 4.69) is 6.07 Å². The van der Waals surface area contributed by atoms with Crippen molar-refractivity contribution < 1.29 is 14.3 Å². The van der Waals surface area contributed by atoms with E-state index in [9.17, 15) is 14.9 Å². The van der Waals surface area contributed by atoms with E-state index in [-0.39, 0.29) is 12.5 Å². The summed E-state index contributed by atoms with van der Waals surface area (Å²) < 4.78 is 4.88. The number of amides is 1. The molecule has 0 saturated heterocycles. The average Bonchev–Trinajstić information content (AvgIpc) is 2.87. The van der Waals surface area contributed by atoms with Crippen LogP contribution in [-0.4, -0.2) is 36.5 Å². The van der Waals surface area contributed by atoms with Crippen LogP contribution in [0.3, 0.4) is 0 Å². The summed E-state index contributed by atoms with van der Waals surface area (Å²) in [5.74, 6) is -0.613. The molecule has 5 heteroatoms. The van der Waals surface area contributed by atoms with E-state index in [1.54, 1.807) is 6.92 Å². The zero-order valence-electron chi connectivity index (χ0n) is 11.8. The van der Waals surface area contributed by atoms with E-state index in [4.69, 9.17) is 4.74 Å². The van der Waals surface area contributed by atoms with Crippen molar-refractivity contribution in [3.05, 3.63) is 0 Å². The van der Waals surface area contributed by atoms with E-state index < -0.39 is 11.4 Å². The molecular formula is C14H22N2O3. The normalized spacial score (nSPS) is 16.7. The number of rotatable bonds is 6. The van der Waals surface area contributed by atoms with Gasteiger partial charge in [0.1, 0.15) is 12.0 Å². The molecule has 5 nitrogen and oxygen atoms in total. The molecule has 0 atom stereocenters. The van der Waals surface area contributed by atoms with Crippen molar-refractivity contribution in [2.45, 2.75) is 46.0 Å². The highest BCUT2D eigenvalue weighted by Crippen LogP contribution is 2.39. The number of nitriles is 1. The zero-order valence-corrected chi connectivity index (χ0v) is 11.8. The largest absolute Gasteiger partial charge is 0.465 e. The van der Waals surface area contributed by atoms with Crippen molar-refractivity contribution in [2.24, 2.45) is 5.41 Å². The molecule has 0 aliphatic heterocycles. The first-order chi connectivity index (χ1) is 9.09. The molecule has 0 heterocycles. The molecule has 1 fully saturated rings. The molecule has 0 spiro atoms. The molecule has 0 N–H and O–H groups in total. The Labute approximate surface area is 114 Å². The van der Waals surface area contributed by atoms with Gasteiger partial charge in [0, 0.05) is 6.54 Å². The zero-order chi connectivity index (χ0) is 14.3. The summed E-state index contributed by atoms with van der Waals surface area (Å²) in [4.78, 5) is 25.5. The Morgan fingerprint density at radius 1 is 1.32 bits per heavy atom. The summed E-state index contributed by atoms with van der Waals surface area (Å²) in [6.07, 6.45) is 3.76. The average molecular weight is 266 g/mol. The number of hydrogen-bond donors (Lipinski definition) is 0. The number of hydrogen-bond acceptors (Lipinski definition) is 4. The second-order valence-electron chi connectivity index (χ2n) is 4.93. The summed E-state index contributed by atoms with van der Waals surface area (Å²) in [5, 5.41) is 9.33. The number of ether oxygens (including phenoxy) is 1. The van der Waals surface area contributed by atoms with Crippen molar-refractivity contribution in [2.75, 3.05) is 19.7 Å². The Morgan fingerprint density at radius 3 is 2.42 bits per heavy atom. The molecule has 0 radical (unpaired) electrons. The maximum atomic E-state index is 12.5. The van der Waals surface area contributed by atoms with Crippen LogP contribution in [0.2, 0.25) is 0 Å². The minimum Gasteiger partial charge on any atom is -0.465 e. The van der Waals surface area contributed by atoms with E-state index in [1.165, 1.54) is 4.90 Å². The van der Waals surface area contributed by atoms with E-state index >= 15 is 0 Å². The van der Waals surface area contributed by atoms with Gasteiger partial charge in [0.15, 0.2) is 0 Å². The lowest BCUT2D eigenvalue weighted by Gasteiger charge is -2.28. The summed E-state index contributed by atoms with van der Waals surface area (Å²) in [5.41, 5.74) is -0.915. The van der Waals surface area contributed by atoms with Crippen LogP contribution < -0.4 is 0 Å². The molecule has 106 valence electrons. The van der Waals surface area contributed by atoms with Crippen LogP contribution in [0.1, 0.15) is 46.0 Å². The molecule has 1 aliphatic carbocycles. The SMILES string of the molecule is CCCN(CC(=O)OCC)C(=O)C1(C#N)CCCC1. The van der Waals surface area contributed by atoms with Crippen molar-refractivity contribution in [3.63, 3.8) is 0 Å². The third kappa shape index (κ3) is 3.69. The lowest BCUT2D eigenvalue weighted by atomic mass is 9.86. The minimum atomic E-state index is -0.915. The van der Waals surface area contributed by atoms with Gasteiger partial charge in [-0.2, -0.15) is 5.26 Å². The van der Waals surface area contributed by atoms with Crippen molar-refractivity contribution in [3.8, 4) is 6.07 Å². The van der Waals surface area contributed by atoms with Gasteiger partial charge in [0.05, 0.1) is 12.7 Å². The van der Waals surface area contributed by atoms with Gasteiger partial charge in [0.2, 0.25) is 5.91 Å². The molecular weight excluding hydrogens is 244 g/mol. The highest BCUT2D eigenvalue weighted by molar-refractivity contribution is 5.88. The van der Waals surface area contributed by atoms with Gasteiger partial charge in [-0.05, 0) is 26.2 Å². The van der Waals surface area contributed by atoms with Crippen LogP contribution in [0.5, 0.6) is 0 Å². The molecule has 0 bridgehead atoms. The maximum absolute atomic E-state index is 12.5. The molecule has 0 aromatic carbocycles. The van der Waals surface area contributed by atoms with Gasteiger partial charge in [-0.1, -0.05) is 19.8 Å². The van der Waals surface area contributed by atoms with Crippen molar-refractivity contribution in [1.29, 1.82) is 5.26 Å². The first-order valence-corrected chi connectivity index (χ1v) is 6.96. The molecule has 0 unspecified atom stereocenters. The standard InChI is InChI=1S/C14H22N2O3/c1-3-9-16(10-12(17)19-4-2)13(18)14(11-15)7-5-6-8-14/h3-10H2,1-2H3. The maximum Gasteiger partial charge on any atom is 0.325 e. The first-order valence-electron chi connectivity index (χ1n) is 6.96. The fourth-order valence-electron chi connectivity index (χ4n) is 2.54. The van der Waals surface area contributed by atoms with E-state index in [0.29, 0.717) is 26.0 Å². The Kier molecular flexibility index (Phi) is 5.81. The van der Waals surface area contributed by atoms with Crippen LogP contribution in [0.15, 0.2) is 0 Å². The predicted octanol–water partition coefficient (Wildman–Crippen LogP) is 1.87. The van der Waals surface area contributed by atoms with Gasteiger partial charge in [-0.15, -0.1) is 0 Å². The highest BCUT2D eigenvalue weighted by Gasteiger charge is 2.44. The molecule has 0 aromatic heterocycles. The summed E-state index contributed by atoms with van der Waals surface area (Å²) >= 11 is 0. The van der Waals surface area contributed by atoms with Gasteiger partial charge >= 0.3 is 5.97 Å². The van der Waals surface area contributed by atoms with Crippen LogP contribution in [0.4, 0.5) is 0 Å². The Hall–Kier alpha value is -1.57. The van der Waals surface area contributed by atoms with E-state index in [1.807, 2.05) is 6.92 Å². The summed E-state index contributed by atoms with van der Waals surface area (Å²) in [6.45, 7) is 4.41. The highest BCUT2D eigenvalue weighted by atomic mass is 16.5. The number of carbonyl (C=O) groups excluding carboxylic acids is 2. The lowest BCUT2D eigenvalue weighted by molar-refractivity contribution is -0.151. The lowest BCUT2D eigenvalue weighted by Crippen LogP contribution is -2.45. The fourth-order valence-corrected chi connectivity index (χ4v) is 2.54. The Balaban J connectivity index is 2.77. The first kappa shape index (κ1) is 15.5. The number of esters is 1. The molecule has 1 aliphatic rings. The number of nitrogens with zero attached hydrogens (tertiary/aromatic N) is 2. The van der Waals surface area contributed by atoms with Gasteiger partial charge in [-0.25, -0.2) is 0 Å². The van der Waals surface area contributed by atoms with Crippen molar-refractivity contribution >= 4 is 11.9 Å². The fraction of sp³-hybridized carbons (Fsp3) is 0.786. The molecule has 0 aromatic rings. The van der Waals surface area contributed by atoms with Gasteiger partial charge in [-0.3, -0.25) is 9.59 Å². The third-order valence-electron chi connectivity index (χ3n) is 3.49. The monoisotopic (exact) mass is 266 g/mol. The second kappa shape index (κ2) is 7.13. The van der Waals surface area contributed by atoms with E-state index in [0.717, 1.165) is 19.3 Å². The third-order valence-corrected chi connectivity index (χ3v) is 3.49. The van der Waals surface area contributed by atoms with Crippen LogP contribution in [0, 0.1) is 16.7 Å². The molecule has 19 heavy (non-hydrogen) atoms. The Bertz CT molecular complexity index is 367. The minimum absolute atomic E-state index is 0.0516. The summed E-state index contributed by atoms with van der Waals surface area (Å²) in [6, 6.07) is 2.18. The van der Waals surface area contributed by atoms with Gasteiger partial charge in [0.25, 0.3) is 0 Å². The number of carbonyl (C=O) groups is 2. The van der Waals surface area contributed by atoms with Crippen LogP contribution in [-0.2, 0) is 14.3 Å². The predicted molar refractivity (Wildman–Crippen MR) is 70.0 cm³/mol.